The number of Topliss-reactive ketones (excluding diaryl/α,β-unsaturated/α-hetero) is 1. The molecule has 1 aromatic heterocycles. The number of carbonyl (C=O) groups excluding carboxylic acids is 2. The molecule has 0 saturated heterocycles. The highest BCUT2D eigenvalue weighted by Crippen LogP contribution is 2.24. The fourth-order valence-corrected chi connectivity index (χ4v) is 1.41. The van der Waals surface area contributed by atoms with Crippen molar-refractivity contribution < 1.29 is 14.3 Å². The van der Waals surface area contributed by atoms with E-state index in [0.29, 0.717) is 11.3 Å². The Morgan fingerprint density at radius 1 is 1.38 bits per heavy atom. The standard InChI is InChI=1S/C11H16N2O3/c1-11(2,3)9-7(6-13(4)12-9)8(14)10(15)16-5/h6H,1-5H3. The Morgan fingerprint density at radius 2 is 1.94 bits per heavy atom. The molecule has 0 spiro atoms. The molecule has 0 unspecified atom stereocenters. The van der Waals surface area contributed by atoms with Crippen LogP contribution < -0.4 is 0 Å². The van der Waals surface area contributed by atoms with Gasteiger partial charge in [-0.1, -0.05) is 20.8 Å². The minimum atomic E-state index is -0.862. The number of carbonyl (C=O) groups is 2. The van der Waals surface area contributed by atoms with E-state index in [1.807, 2.05) is 20.8 Å². The lowest BCUT2D eigenvalue weighted by molar-refractivity contribution is -0.135. The van der Waals surface area contributed by atoms with Gasteiger partial charge in [-0.2, -0.15) is 5.10 Å². The van der Waals surface area contributed by atoms with Crippen LogP contribution in [0.3, 0.4) is 0 Å². The molecule has 0 aromatic carbocycles. The van der Waals surface area contributed by atoms with Crippen LogP contribution in [0.4, 0.5) is 0 Å². The zero-order valence-corrected chi connectivity index (χ0v) is 10.2. The molecule has 0 N–H and O–H groups in total. The van der Waals surface area contributed by atoms with Crippen LogP contribution in [-0.2, 0) is 22.0 Å². The van der Waals surface area contributed by atoms with Crippen LogP contribution in [-0.4, -0.2) is 28.6 Å². The molecule has 0 aliphatic carbocycles. The number of nitrogens with zero attached hydrogens (tertiary/aromatic N) is 2. The summed E-state index contributed by atoms with van der Waals surface area (Å²) < 4.78 is 5.94. The maximum absolute atomic E-state index is 11.7. The van der Waals surface area contributed by atoms with Crippen molar-refractivity contribution in [3.05, 3.63) is 17.5 Å². The molecular weight excluding hydrogens is 208 g/mol. The highest BCUT2D eigenvalue weighted by molar-refractivity contribution is 6.40. The molecule has 1 rings (SSSR count). The first kappa shape index (κ1) is 12.4. The van der Waals surface area contributed by atoms with E-state index in [9.17, 15) is 9.59 Å². The lowest BCUT2D eigenvalue weighted by atomic mass is 9.88. The Labute approximate surface area is 94.4 Å². The van der Waals surface area contributed by atoms with Crippen LogP contribution >= 0.6 is 0 Å². The topological polar surface area (TPSA) is 61.2 Å². The van der Waals surface area contributed by atoms with Gasteiger partial charge in [-0.3, -0.25) is 9.48 Å². The van der Waals surface area contributed by atoms with Crippen molar-refractivity contribution in [3.63, 3.8) is 0 Å². The molecule has 5 nitrogen and oxygen atoms in total. The minimum Gasteiger partial charge on any atom is -0.463 e. The molecule has 0 amide bonds. The molecule has 5 heteroatoms. The Kier molecular flexibility index (Phi) is 3.16. The summed E-state index contributed by atoms with van der Waals surface area (Å²) in [6.45, 7) is 5.80. The van der Waals surface area contributed by atoms with Crippen molar-refractivity contribution in [1.82, 2.24) is 9.78 Å². The smallest absolute Gasteiger partial charge is 0.379 e. The van der Waals surface area contributed by atoms with E-state index in [1.165, 1.54) is 11.8 Å². The average Bonchev–Trinajstić information content (AvgIpc) is 2.57. The highest BCUT2D eigenvalue weighted by Gasteiger charge is 2.29. The van der Waals surface area contributed by atoms with Gasteiger partial charge in [-0.25, -0.2) is 4.79 Å². The number of ketones is 1. The predicted molar refractivity (Wildman–Crippen MR) is 58.3 cm³/mol. The molecule has 0 aliphatic heterocycles. The van der Waals surface area contributed by atoms with Crippen LogP contribution in [0.5, 0.6) is 0 Å². The third-order valence-electron chi connectivity index (χ3n) is 2.15. The van der Waals surface area contributed by atoms with E-state index in [1.54, 1.807) is 13.2 Å². The van der Waals surface area contributed by atoms with Gasteiger partial charge < -0.3 is 4.74 Å². The normalized spacial score (nSPS) is 11.3. The van der Waals surface area contributed by atoms with E-state index in [0.717, 1.165) is 0 Å². The summed E-state index contributed by atoms with van der Waals surface area (Å²) in [5, 5.41) is 4.21. The summed E-state index contributed by atoms with van der Waals surface area (Å²) in [5.74, 6) is -1.51. The molecular formula is C11H16N2O3. The largest absolute Gasteiger partial charge is 0.463 e. The van der Waals surface area contributed by atoms with Gasteiger partial charge in [0.2, 0.25) is 0 Å². The molecule has 0 bridgehead atoms. The lowest BCUT2D eigenvalue weighted by Gasteiger charge is -2.16. The molecule has 0 radical (unpaired) electrons. The maximum Gasteiger partial charge on any atom is 0.379 e. The molecule has 0 saturated carbocycles. The van der Waals surface area contributed by atoms with Crippen LogP contribution in [0.1, 0.15) is 36.8 Å². The SMILES string of the molecule is COC(=O)C(=O)c1cn(C)nc1C(C)(C)C. The van der Waals surface area contributed by atoms with Crippen LogP contribution in [0.15, 0.2) is 6.20 Å². The number of ether oxygens (including phenoxy) is 1. The van der Waals surface area contributed by atoms with Gasteiger partial charge in [0.25, 0.3) is 5.78 Å². The number of hydrogen-bond acceptors (Lipinski definition) is 4. The van der Waals surface area contributed by atoms with Gasteiger partial charge in [-0.05, 0) is 0 Å². The van der Waals surface area contributed by atoms with E-state index in [-0.39, 0.29) is 5.41 Å². The Bertz CT molecular complexity index is 427. The number of hydrogen-bond donors (Lipinski definition) is 0. The van der Waals surface area contributed by atoms with Crippen molar-refractivity contribution in [3.8, 4) is 0 Å². The lowest BCUT2D eigenvalue weighted by Crippen LogP contribution is -2.21. The van der Waals surface area contributed by atoms with Crippen molar-refractivity contribution >= 4 is 11.8 Å². The fraction of sp³-hybridized carbons (Fsp3) is 0.545. The Balaban J connectivity index is 3.24. The van der Waals surface area contributed by atoms with E-state index in [2.05, 4.69) is 9.84 Å². The number of esters is 1. The number of aromatic nitrogens is 2. The van der Waals surface area contributed by atoms with Crippen molar-refractivity contribution in [2.24, 2.45) is 7.05 Å². The zero-order chi connectivity index (χ0) is 12.5. The molecule has 16 heavy (non-hydrogen) atoms. The second-order valence-electron chi connectivity index (χ2n) is 4.64. The van der Waals surface area contributed by atoms with Crippen LogP contribution in [0.25, 0.3) is 0 Å². The van der Waals surface area contributed by atoms with E-state index < -0.39 is 11.8 Å². The Morgan fingerprint density at radius 3 is 2.38 bits per heavy atom. The zero-order valence-electron chi connectivity index (χ0n) is 10.2. The van der Waals surface area contributed by atoms with Gasteiger partial charge in [0.1, 0.15) is 0 Å². The summed E-state index contributed by atoms with van der Waals surface area (Å²) >= 11 is 0. The van der Waals surface area contributed by atoms with Gasteiger partial charge >= 0.3 is 5.97 Å². The number of rotatable bonds is 2. The van der Waals surface area contributed by atoms with Gasteiger partial charge in [0, 0.05) is 18.7 Å². The maximum atomic E-state index is 11.7. The molecule has 0 fully saturated rings. The molecule has 1 aromatic rings. The average molecular weight is 224 g/mol. The highest BCUT2D eigenvalue weighted by atomic mass is 16.5. The van der Waals surface area contributed by atoms with Gasteiger partial charge in [-0.15, -0.1) is 0 Å². The summed E-state index contributed by atoms with van der Waals surface area (Å²) in [4.78, 5) is 22.9. The fourth-order valence-electron chi connectivity index (χ4n) is 1.41. The predicted octanol–water partition coefficient (Wildman–Crippen LogP) is 1.07. The quantitative estimate of drug-likeness (QED) is 0.428. The number of aryl methyl sites for hydroxylation is 1. The van der Waals surface area contributed by atoms with E-state index in [4.69, 9.17) is 0 Å². The van der Waals surface area contributed by atoms with Gasteiger partial charge in [0.05, 0.1) is 18.4 Å². The monoisotopic (exact) mass is 224 g/mol. The van der Waals surface area contributed by atoms with Gasteiger partial charge in [0.15, 0.2) is 0 Å². The molecule has 88 valence electrons. The van der Waals surface area contributed by atoms with Crippen LogP contribution in [0.2, 0.25) is 0 Å². The van der Waals surface area contributed by atoms with Crippen LogP contribution in [0, 0.1) is 0 Å². The summed E-state index contributed by atoms with van der Waals surface area (Å²) in [7, 11) is 2.90. The molecule has 0 aliphatic rings. The van der Waals surface area contributed by atoms with E-state index >= 15 is 0 Å². The first-order chi connectivity index (χ1) is 7.27. The minimum absolute atomic E-state index is 0.291. The first-order valence-electron chi connectivity index (χ1n) is 4.94. The molecule has 0 atom stereocenters. The second-order valence-corrected chi connectivity index (χ2v) is 4.64. The van der Waals surface area contributed by atoms with Crippen molar-refractivity contribution in [2.75, 3.05) is 7.11 Å². The summed E-state index contributed by atoms with van der Waals surface area (Å²) in [5.41, 5.74) is 0.618. The first-order valence-corrected chi connectivity index (χ1v) is 4.94. The number of methoxy groups -OCH3 is 1. The van der Waals surface area contributed by atoms with Crippen molar-refractivity contribution in [2.45, 2.75) is 26.2 Å². The third-order valence-corrected chi connectivity index (χ3v) is 2.15. The Hall–Kier alpha value is -1.65. The second kappa shape index (κ2) is 4.08. The third kappa shape index (κ3) is 2.29. The summed E-state index contributed by atoms with van der Waals surface area (Å²) in [6, 6.07) is 0. The summed E-state index contributed by atoms with van der Waals surface area (Å²) in [6.07, 6.45) is 1.54. The van der Waals surface area contributed by atoms with Crippen molar-refractivity contribution in [1.29, 1.82) is 0 Å². The molecule has 1 heterocycles.